The lowest BCUT2D eigenvalue weighted by Crippen LogP contribution is -2.02. The van der Waals surface area contributed by atoms with Crippen LogP contribution in [0.4, 0.5) is 0 Å². The van der Waals surface area contributed by atoms with Gasteiger partial charge in [-0.15, -0.1) is 5.10 Å². The van der Waals surface area contributed by atoms with E-state index in [-0.39, 0.29) is 0 Å². The minimum absolute atomic E-state index is 0.715. The Hall–Kier alpha value is -0.900. The first-order valence-electron chi connectivity index (χ1n) is 5.31. The van der Waals surface area contributed by atoms with Gasteiger partial charge in [0.1, 0.15) is 0 Å². The molecule has 2 N–H and O–H groups in total. The van der Waals surface area contributed by atoms with E-state index in [1.807, 2.05) is 10.9 Å². The first kappa shape index (κ1) is 11.2. The molecule has 0 saturated carbocycles. The molecule has 1 aromatic rings. The molecule has 1 rings (SSSR count). The van der Waals surface area contributed by atoms with E-state index in [2.05, 4.69) is 24.2 Å². The standard InChI is InChI=1S/C10H20N4/c1-9(2)5-7-14-8-10(12-13-14)4-3-6-11/h8-9H,3-7,11H2,1-2H3. The molecule has 0 amide bonds. The lowest BCUT2D eigenvalue weighted by molar-refractivity contribution is 0.478. The normalized spacial score (nSPS) is 11.1. The summed E-state index contributed by atoms with van der Waals surface area (Å²) in [6.45, 7) is 6.12. The van der Waals surface area contributed by atoms with E-state index in [0.717, 1.165) is 38.0 Å². The molecule has 0 bridgehead atoms. The van der Waals surface area contributed by atoms with Gasteiger partial charge in [0.2, 0.25) is 0 Å². The average Bonchev–Trinajstić information content (AvgIpc) is 2.59. The van der Waals surface area contributed by atoms with Gasteiger partial charge in [0.15, 0.2) is 0 Å². The van der Waals surface area contributed by atoms with Crippen LogP contribution in [0.2, 0.25) is 0 Å². The van der Waals surface area contributed by atoms with Gasteiger partial charge < -0.3 is 5.73 Å². The van der Waals surface area contributed by atoms with Gasteiger partial charge in [-0.3, -0.25) is 4.68 Å². The third-order valence-corrected chi connectivity index (χ3v) is 2.16. The highest BCUT2D eigenvalue weighted by atomic mass is 15.4. The van der Waals surface area contributed by atoms with Crippen LogP contribution in [0.5, 0.6) is 0 Å². The van der Waals surface area contributed by atoms with Crippen molar-refractivity contribution in [3.05, 3.63) is 11.9 Å². The molecular weight excluding hydrogens is 176 g/mol. The maximum absolute atomic E-state index is 5.43. The fraction of sp³-hybridized carbons (Fsp3) is 0.800. The SMILES string of the molecule is CC(C)CCn1cc(CCCN)nn1. The quantitative estimate of drug-likeness (QED) is 0.744. The highest BCUT2D eigenvalue weighted by Crippen LogP contribution is 2.03. The third kappa shape index (κ3) is 3.87. The summed E-state index contributed by atoms with van der Waals surface area (Å²) >= 11 is 0. The third-order valence-electron chi connectivity index (χ3n) is 2.16. The summed E-state index contributed by atoms with van der Waals surface area (Å²) in [5.74, 6) is 0.715. The van der Waals surface area contributed by atoms with Crippen molar-refractivity contribution < 1.29 is 0 Å². The van der Waals surface area contributed by atoms with Crippen LogP contribution in [0.25, 0.3) is 0 Å². The largest absolute Gasteiger partial charge is 0.330 e. The van der Waals surface area contributed by atoms with Crippen LogP contribution < -0.4 is 5.73 Å². The second kappa shape index (κ2) is 5.75. The molecule has 0 spiro atoms. The Bertz CT molecular complexity index is 254. The van der Waals surface area contributed by atoms with Gasteiger partial charge in [0.25, 0.3) is 0 Å². The maximum atomic E-state index is 5.43. The molecule has 0 unspecified atom stereocenters. The van der Waals surface area contributed by atoms with Crippen molar-refractivity contribution in [2.24, 2.45) is 11.7 Å². The van der Waals surface area contributed by atoms with Crippen molar-refractivity contribution in [2.75, 3.05) is 6.54 Å². The minimum atomic E-state index is 0.715. The molecule has 4 nitrogen and oxygen atoms in total. The Balaban J connectivity index is 2.35. The van der Waals surface area contributed by atoms with Gasteiger partial charge in [0.05, 0.1) is 5.69 Å². The van der Waals surface area contributed by atoms with Gasteiger partial charge in [-0.2, -0.15) is 0 Å². The van der Waals surface area contributed by atoms with E-state index >= 15 is 0 Å². The molecule has 0 saturated heterocycles. The summed E-state index contributed by atoms with van der Waals surface area (Å²) in [6, 6.07) is 0. The predicted octanol–water partition coefficient (Wildman–Crippen LogP) is 1.22. The molecule has 0 aliphatic heterocycles. The fourth-order valence-electron chi connectivity index (χ4n) is 1.24. The molecule has 0 atom stereocenters. The van der Waals surface area contributed by atoms with Crippen LogP contribution in [-0.2, 0) is 13.0 Å². The summed E-state index contributed by atoms with van der Waals surface area (Å²) in [5, 5.41) is 8.16. The minimum Gasteiger partial charge on any atom is -0.330 e. The van der Waals surface area contributed by atoms with E-state index < -0.39 is 0 Å². The first-order valence-corrected chi connectivity index (χ1v) is 5.31. The number of hydrogen-bond donors (Lipinski definition) is 1. The number of aryl methyl sites for hydroxylation is 2. The van der Waals surface area contributed by atoms with Crippen molar-refractivity contribution >= 4 is 0 Å². The molecule has 0 aliphatic carbocycles. The highest BCUT2D eigenvalue weighted by molar-refractivity contribution is 4.92. The van der Waals surface area contributed by atoms with E-state index in [0.29, 0.717) is 5.92 Å². The monoisotopic (exact) mass is 196 g/mol. The van der Waals surface area contributed by atoms with Gasteiger partial charge in [-0.05, 0) is 31.7 Å². The van der Waals surface area contributed by atoms with Crippen molar-refractivity contribution in [1.29, 1.82) is 0 Å². The molecule has 14 heavy (non-hydrogen) atoms. The zero-order chi connectivity index (χ0) is 10.4. The first-order chi connectivity index (χ1) is 6.72. The number of nitrogens with zero attached hydrogens (tertiary/aromatic N) is 3. The van der Waals surface area contributed by atoms with Crippen LogP contribution in [0.3, 0.4) is 0 Å². The van der Waals surface area contributed by atoms with Gasteiger partial charge in [0, 0.05) is 12.7 Å². The Morgan fingerprint density at radius 3 is 2.93 bits per heavy atom. The summed E-state index contributed by atoms with van der Waals surface area (Å²) in [5.41, 5.74) is 6.48. The van der Waals surface area contributed by atoms with Crippen molar-refractivity contribution in [3.63, 3.8) is 0 Å². The molecule has 0 aliphatic rings. The van der Waals surface area contributed by atoms with Crippen molar-refractivity contribution in [1.82, 2.24) is 15.0 Å². The van der Waals surface area contributed by atoms with E-state index in [9.17, 15) is 0 Å². The van der Waals surface area contributed by atoms with E-state index in [1.54, 1.807) is 0 Å². The summed E-state index contributed by atoms with van der Waals surface area (Å²) in [7, 11) is 0. The Kier molecular flexibility index (Phi) is 4.59. The Morgan fingerprint density at radius 2 is 2.29 bits per heavy atom. The molecule has 1 aromatic heterocycles. The topological polar surface area (TPSA) is 56.7 Å². The van der Waals surface area contributed by atoms with Crippen molar-refractivity contribution in [2.45, 2.75) is 39.7 Å². The smallest absolute Gasteiger partial charge is 0.0827 e. The van der Waals surface area contributed by atoms with Gasteiger partial charge >= 0.3 is 0 Å². The lowest BCUT2D eigenvalue weighted by Gasteiger charge is -2.02. The van der Waals surface area contributed by atoms with Crippen LogP contribution in [0.1, 0.15) is 32.4 Å². The molecule has 0 fully saturated rings. The van der Waals surface area contributed by atoms with E-state index in [4.69, 9.17) is 5.73 Å². The molecule has 80 valence electrons. The summed E-state index contributed by atoms with van der Waals surface area (Å²) in [4.78, 5) is 0. The zero-order valence-electron chi connectivity index (χ0n) is 9.11. The molecule has 4 heteroatoms. The fourth-order valence-corrected chi connectivity index (χ4v) is 1.24. The molecule has 1 heterocycles. The molecular formula is C10H20N4. The van der Waals surface area contributed by atoms with Crippen LogP contribution in [0, 0.1) is 5.92 Å². The van der Waals surface area contributed by atoms with Gasteiger partial charge in [-0.25, -0.2) is 0 Å². The summed E-state index contributed by atoms with van der Waals surface area (Å²) < 4.78 is 1.92. The number of aromatic nitrogens is 3. The maximum Gasteiger partial charge on any atom is 0.0827 e. The number of nitrogens with two attached hydrogens (primary N) is 1. The average molecular weight is 196 g/mol. The van der Waals surface area contributed by atoms with Crippen LogP contribution in [0.15, 0.2) is 6.20 Å². The number of rotatable bonds is 6. The molecule has 0 radical (unpaired) electrons. The predicted molar refractivity (Wildman–Crippen MR) is 56.9 cm³/mol. The Morgan fingerprint density at radius 1 is 1.50 bits per heavy atom. The lowest BCUT2D eigenvalue weighted by atomic mass is 10.1. The second-order valence-corrected chi connectivity index (χ2v) is 4.05. The van der Waals surface area contributed by atoms with Crippen molar-refractivity contribution in [3.8, 4) is 0 Å². The number of hydrogen-bond acceptors (Lipinski definition) is 3. The zero-order valence-corrected chi connectivity index (χ0v) is 9.11. The highest BCUT2D eigenvalue weighted by Gasteiger charge is 2.01. The summed E-state index contributed by atoms with van der Waals surface area (Å²) in [6.07, 6.45) is 5.11. The van der Waals surface area contributed by atoms with Crippen LogP contribution in [-0.4, -0.2) is 21.5 Å². The van der Waals surface area contributed by atoms with Gasteiger partial charge in [-0.1, -0.05) is 19.1 Å². The van der Waals surface area contributed by atoms with Crippen LogP contribution >= 0.6 is 0 Å². The second-order valence-electron chi connectivity index (χ2n) is 4.05. The van der Waals surface area contributed by atoms with E-state index in [1.165, 1.54) is 0 Å². The molecule has 0 aromatic carbocycles. The Labute approximate surface area is 85.5 Å².